The highest BCUT2D eigenvalue weighted by Crippen LogP contribution is 2.19. The van der Waals surface area contributed by atoms with Crippen molar-refractivity contribution in [2.75, 3.05) is 27.2 Å². The second-order valence-corrected chi connectivity index (χ2v) is 7.58. The highest BCUT2D eigenvalue weighted by Gasteiger charge is 2.20. The number of halogens is 1. The van der Waals surface area contributed by atoms with Crippen LogP contribution in [-0.2, 0) is 24.4 Å². The third-order valence-electron chi connectivity index (χ3n) is 5.24. The van der Waals surface area contributed by atoms with Crippen molar-refractivity contribution in [1.82, 2.24) is 15.1 Å². The van der Waals surface area contributed by atoms with Gasteiger partial charge in [-0.15, -0.1) is 24.0 Å². The lowest BCUT2D eigenvalue weighted by Gasteiger charge is -2.23. The zero-order valence-corrected chi connectivity index (χ0v) is 21.0. The Morgan fingerprint density at radius 3 is 2.68 bits per heavy atom. The van der Waals surface area contributed by atoms with Crippen molar-refractivity contribution < 1.29 is 9.53 Å². The topological polar surface area (TPSA) is 57.2 Å². The Morgan fingerprint density at radius 2 is 1.97 bits per heavy atom. The molecule has 2 aromatic rings. The molecule has 31 heavy (non-hydrogen) atoms. The fourth-order valence-corrected chi connectivity index (χ4v) is 3.72. The van der Waals surface area contributed by atoms with Crippen LogP contribution in [-0.4, -0.2) is 48.9 Å². The van der Waals surface area contributed by atoms with Gasteiger partial charge in [0.25, 0.3) is 0 Å². The number of guanidine groups is 1. The lowest BCUT2D eigenvalue weighted by molar-refractivity contribution is -0.128. The number of para-hydroxylation sites is 1. The smallest absolute Gasteiger partial charge is 0.222 e. The zero-order chi connectivity index (χ0) is 21.3. The van der Waals surface area contributed by atoms with Crippen LogP contribution in [0.2, 0.25) is 0 Å². The predicted octanol–water partition coefficient (Wildman–Crippen LogP) is 4.03. The van der Waals surface area contributed by atoms with Crippen LogP contribution >= 0.6 is 24.0 Å². The van der Waals surface area contributed by atoms with Crippen molar-refractivity contribution in [2.45, 2.75) is 39.4 Å². The molecule has 0 radical (unpaired) electrons. The summed E-state index contributed by atoms with van der Waals surface area (Å²) in [5.74, 6) is 1.98. The van der Waals surface area contributed by atoms with Gasteiger partial charge in [-0.3, -0.25) is 4.79 Å². The number of ether oxygens (including phenoxy) is 1. The summed E-state index contributed by atoms with van der Waals surface area (Å²) in [6.07, 6.45) is 1.64. The Kier molecular flexibility index (Phi) is 10.1. The number of likely N-dealkylation sites (tertiary alicyclic amines) is 1. The fraction of sp³-hybridized carbons (Fsp3) is 0.417. The van der Waals surface area contributed by atoms with E-state index in [4.69, 9.17) is 9.73 Å². The molecule has 1 fully saturated rings. The molecule has 0 saturated carbocycles. The van der Waals surface area contributed by atoms with Crippen LogP contribution in [0.5, 0.6) is 5.75 Å². The first-order chi connectivity index (χ1) is 14.6. The van der Waals surface area contributed by atoms with Gasteiger partial charge < -0.3 is 19.9 Å². The summed E-state index contributed by atoms with van der Waals surface area (Å²) in [5.41, 5.74) is 3.41. The first-order valence-electron chi connectivity index (χ1n) is 10.6. The minimum Gasteiger partial charge on any atom is -0.496 e. The maximum Gasteiger partial charge on any atom is 0.222 e. The van der Waals surface area contributed by atoms with E-state index in [1.807, 2.05) is 36.2 Å². The van der Waals surface area contributed by atoms with Crippen molar-refractivity contribution in [3.8, 4) is 5.75 Å². The molecule has 1 heterocycles. The summed E-state index contributed by atoms with van der Waals surface area (Å²) in [5, 5.41) is 3.37. The molecular weight excluding hydrogens is 503 g/mol. The molecule has 1 aliphatic rings. The molecule has 0 unspecified atom stereocenters. The van der Waals surface area contributed by atoms with E-state index >= 15 is 0 Å². The fourth-order valence-electron chi connectivity index (χ4n) is 3.72. The van der Waals surface area contributed by atoms with E-state index in [-0.39, 0.29) is 29.9 Å². The first-order valence-corrected chi connectivity index (χ1v) is 10.6. The molecule has 2 aromatic carbocycles. The Hall–Kier alpha value is -2.29. The van der Waals surface area contributed by atoms with Gasteiger partial charge in [0, 0.05) is 45.2 Å². The standard InChI is InChI=1S/C24H32N4O2.HI/c1-4-25-24(27(2)18-21-11-5-6-12-22(21)30-3)26-16-19-9-7-10-20(15-19)17-28-14-8-13-23(28)29;/h5-7,9-12,15H,4,8,13-14,16-18H2,1-3H3,(H,25,26);1H. The van der Waals surface area contributed by atoms with Gasteiger partial charge in [-0.1, -0.05) is 42.5 Å². The number of carbonyl (C=O) groups is 1. The molecule has 1 amide bonds. The molecule has 3 rings (SSSR count). The molecule has 1 aliphatic heterocycles. The van der Waals surface area contributed by atoms with E-state index in [1.54, 1.807) is 7.11 Å². The van der Waals surface area contributed by atoms with Gasteiger partial charge in [-0.2, -0.15) is 0 Å². The molecule has 1 saturated heterocycles. The third kappa shape index (κ3) is 7.12. The average Bonchev–Trinajstić information content (AvgIpc) is 3.16. The van der Waals surface area contributed by atoms with E-state index < -0.39 is 0 Å². The van der Waals surface area contributed by atoms with Gasteiger partial charge in [0.1, 0.15) is 5.75 Å². The molecule has 168 valence electrons. The molecule has 7 heteroatoms. The summed E-state index contributed by atoms with van der Waals surface area (Å²) in [4.78, 5) is 20.8. The van der Waals surface area contributed by atoms with Crippen LogP contribution in [0.3, 0.4) is 0 Å². The van der Waals surface area contributed by atoms with Crippen LogP contribution in [0.15, 0.2) is 53.5 Å². The number of nitrogens with one attached hydrogen (secondary N) is 1. The number of carbonyl (C=O) groups excluding carboxylic acids is 1. The summed E-state index contributed by atoms with van der Waals surface area (Å²) >= 11 is 0. The third-order valence-corrected chi connectivity index (χ3v) is 5.24. The van der Waals surface area contributed by atoms with Gasteiger partial charge in [-0.05, 0) is 30.5 Å². The van der Waals surface area contributed by atoms with Crippen molar-refractivity contribution in [3.05, 3.63) is 65.2 Å². The van der Waals surface area contributed by atoms with Crippen LogP contribution in [0.1, 0.15) is 36.5 Å². The molecule has 0 bridgehead atoms. The quantitative estimate of drug-likeness (QED) is 0.315. The predicted molar refractivity (Wildman–Crippen MR) is 136 cm³/mol. The summed E-state index contributed by atoms with van der Waals surface area (Å²) in [6, 6.07) is 16.4. The maximum atomic E-state index is 11.9. The minimum absolute atomic E-state index is 0. The number of rotatable bonds is 8. The van der Waals surface area contributed by atoms with E-state index in [1.165, 1.54) is 0 Å². The molecule has 0 spiro atoms. The van der Waals surface area contributed by atoms with Crippen molar-refractivity contribution in [1.29, 1.82) is 0 Å². The minimum atomic E-state index is 0. The number of nitrogens with zero attached hydrogens (tertiary/aromatic N) is 3. The monoisotopic (exact) mass is 536 g/mol. The lowest BCUT2D eigenvalue weighted by atomic mass is 10.1. The highest BCUT2D eigenvalue weighted by molar-refractivity contribution is 14.0. The number of amides is 1. The first kappa shape index (κ1) is 25.0. The lowest BCUT2D eigenvalue weighted by Crippen LogP contribution is -2.38. The average molecular weight is 536 g/mol. The van der Waals surface area contributed by atoms with E-state index in [2.05, 4.69) is 41.4 Å². The molecule has 0 aromatic heterocycles. The molecule has 1 N–H and O–H groups in total. The van der Waals surface area contributed by atoms with E-state index in [0.29, 0.717) is 26.1 Å². The number of aliphatic imine (C=N–C) groups is 1. The van der Waals surface area contributed by atoms with Gasteiger partial charge in [0.15, 0.2) is 5.96 Å². The number of benzene rings is 2. The van der Waals surface area contributed by atoms with Crippen LogP contribution in [0.4, 0.5) is 0 Å². The van der Waals surface area contributed by atoms with Crippen LogP contribution in [0.25, 0.3) is 0 Å². The largest absolute Gasteiger partial charge is 0.496 e. The summed E-state index contributed by atoms with van der Waals surface area (Å²) in [6.45, 7) is 5.70. The maximum absolute atomic E-state index is 11.9. The van der Waals surface area contributed by atoms with Gasteiger partial charge in [-0.25, -0.2) is 4.99 Å². The van der Waals surface area contributed by atoms with Crippen molar-refractivity contribution >= 4 is 35.8 Å². The highest BCUT2D eigenvalue weighted by atomic mass is 127. The Labute approximate surface area is 202 Å². The summed E-state index contributed by atoms with van der Waals surface area (Å²) in [7, 11) is 3.73. The SMILES string of the molecule is CCNC(=NCc1cccc(CN2CCCC2=O)c1)N(C)Cc1ccccc1OC.I. The molecular formula is C24H33IN4O2. The number of hydrogen-bond donors (Lipinski definition) is 1. The second-order valence-electron chi connectivity index (χ2n) is 7.58. The molecule has 0 aliphatic carbocycles. The summed E-state index contributed by atoms with van der Waals surface area (Å²) < 4.78 is 5.48. The molecule has 6 nitrogen and oxygen atoms in total. The van der Waals surface area contributed by atoms with Gasteiger partial charge >= 0.3 is 0 Å². The van der Waals surface area contributed by atoms with E-state index in [9.17, 15) is 4.79 Å². The molecule has 0 atom stereocenters. The van der Waals surface area contributed by atoms with Crippen molar-refractivity contribution in [3.63, 3.8) is 0 Å². The Balaban J connectivity index is 0.00000341. The van der Waals surface area contributed by atoms with E-state index in [0.717, 1.165) is 47.9 Å². The number of methoxy groups -OCH3 is 1. The normalized spacial score (nSPS) is 13.7. The van der Waals surface area contributed by atoms with Crippen LogP contribution < -0.4 is 10.1 Å². The Bertz CT molecular complexity index is 887. The number of hydrogen-bond acceptors (Lipinski definition) is 3. The Morgan fingerprint density at radius 1 is 1.19 bits per heavy atom. The van der Waals surface area contributed by atoms with Gasteiger partial charge in [0.2, 0.25) is 5.91 Å². The second kappa shape index (κ2) is 12.5. The zero-order valence-electron chi connectivity index (χ0n) is 18.6. The van der Waals surface area contributed by atoms with Crippen LogP contribution in [0, 0.1) is 0 Å². The van der Waals surface area contributed by atoms with Gasteiger partial charge in [0.05, 0.1) is 13.7 Å². The van der Waals surface area contributed by atoms with Crippen molar-refractivity contribution in [2.24, 2.45) is 4.99 Å².